The summed E-state index contributed by atoms with van der Waals surface area (Å²) in [6.07, 6.45) is 7.41. The largest absolute Gasteiger partial charge is 0.290 e. The van der Waals surface area contributed by atoms with Crippen LogP contribution in [0.15, 0.2) is 23.3 Å². The molecule has 1 saturated carbocycles. The summed E-state index contributed by atoms with van der Waals surface area (Å²) in [6, 6.07) is 0. The Labute approximate surface area is 91.2 Å². The van der Waals surface area contributed by atoms with Crippen LogP contribution >= 0.6 is 0 Å². The summed E-state index contributed by atoms with van der Waals surface area (Å²) in [5.74, 6) is 0.990. The number of fused-ring (bicyclic) bond motifs is 3. The Morgan fingerprint density at radius 2 is 2.00 bits per heavy atom. The molecule has 0 saturated heterocycles. The van der Waals surface area contributed by atoms with Crippen molar-refractivity contribution in [2.45, 2.75) is 40.0 Å². The highest BCUT2D eigenvalue weighted by Gasteiger charge is 2.57. The number of ketones is 1. The minimum atomic E-state index is 0.244. The van der Waals surface area contributed by atoms with Gasteiger partial charge in [-0.05, 0) is 47.7 Å². The van der Waals surface area contributed by atoms with Gasteiger partial charge in [0.1, 0.15) is 0 Å². The predicted octanol–water partition coefficient (Wildman–Crippen LogP) is 3.27. The lowest BCUT2D eigenvalue weighted by Gasteiger charge is -2.46. The number of rotatable bonds is 0. The number of carbonyl (C=O) groups excluding carboxylic acids is 1. The summed E-state index contributed by atoms with van der Waals surface area (Å²) in [5, 5.41) is 0. The summed E-state index contributed by atoms with van der Waals surface area (Å²) in [5.41, 5.74) is 3.08. The standard InChI is InChI=1S/C14H18O/c1-13(2)9-6-7-14(13,3)11-4-5-12(15)10(11)8-9/h4-5,9H,6-8H2,1-3H3/t9-,14+/m1/s1. The first-order valence-corrected chi connectivity index (χ1v) is 5.93. The van der Waals surface area contributed by atoms with E-state index in [4.69, 9.17) is 0 Å². The van der Waals surface area contributed by atoms with Crippen molar-refractivity contribution in [1.82, 2.24) is 0 Å². The van der Waals surface area contributed by atoms with Gasteiger partial charge in [-0.2, -0.15) is 0 Å². The minimum Gasteiger partial charge on any atom is -0.290 e. The van der Waals surface area contributed by atoms with E-state index in [9.17, 15) is 4.79 Å². The molecular weight excluding hydrogens is 184 g/mol. The molecule has 3 aliphatic rings. The molecule has 0 spiro atoms. The molecule has 0 aromatic heterocycles. The van der Waals surface area contributed by atoms with E-state index in [0.29, 0.717) is 11.3 Å². The monoisotopic (exact) mass is 202 g/mol. The SMILES string of the molecule is CC1(C)[C@@H]2CC[C@@]1(C)C1=C(C2)C(=O)C=C1. The molecule has 1 fully saturated rings. The van der Waals surface area contributed by atoms with E-state index in [2.05, 4.69) is 26.8 Å². The van der Waals surface area contributed by atoms with Crippen molar-refractivity contribution < 1.29 is 4.79 Å². The van der Waals surface area contributed by atoms with Crippen LogP contribution in [0.1, 0.15) is 40.0 Å². The van der Waals surface area contributed by atoms with E-state index in [-0.39, 0.29) is 11.2 Å². The van der Waals surface area contributed by atoms with Crippen molar-refractivity contribution in [3.63, 3.8) is 0 Å². The Kier molecular flexibility index (Phi) is 1.53. The highest BCUT2D eigenvalue weighted by atomic mass is 16.1. The number of carbonyl (C=O) groups is 1. The van der Waals surface area contributed by atoms with Crippen molar-refractivity contribution in [3.8, 4) is 0 Å². The molecule has 0 aliphatic heterocycles. The van der Waals surface area contributed by atoms with Crippen molar-refractivity contribution in [2.75, 3.05) is 0 Å². The van der Waals surface area contributed by atoms with Gasteiger partial charge in [-0.1, -0.05) is 26.8 Å². The maximum absolute atomic E-state index is 11.7. The van der Waals surface area contributed by atoms with E-state index in [1.165, 1.54) is 18.4 Å². The predicted molar refractivity (Wildman–Crippen MR) is 60.4 cm³/mol. The third-order valence-electron chi connectivity index (χ3n) is 5.50. The lowest BCUT2D eigenvalue weighted by atomic mass is 9.57. The number of hydrogen-bond acceptors (Lipinski definition) is 1. The van der Waals surface area contributed by atoms with Crippen molar-refractivity contribution in [3.05, 3.63) is 23.3 Å². The summed E-state index contributed by atoms with van der Waals surface area (Å²) in [7, 11) is 0. The summed E-state index contributed by atoms with van der Waals surface area (Å²) in [4.78, 5) is 11.7. The molecule has 80 valence electrons. The maximum atomic E-state index is 11.7. The summed E-state index contributed by atoms with van der Waals surface area (Å²) >= 11 is 0. The van der Waals surface area contributed by atoms with Gasteiger partial charge in [0.25, 0.3) is 0 Å². The van der Waals surface area contributed by atoms with Gasteiger partial charge in [-0.15, -0.1) is 0 Å². The maximum Gasteiger partial charge on any atom is 0.182 e. The van der Waals surface area contributed by atoms with Crippen LogP contribution in [0.5, 0.6) is 0 Å². The molecule has 0 radical (unpaired) electrons. The van der Waals surface area contributed by atoms with Crippen LogP contribution in [0.3, 0.4) is 0 Å². The Morgan fingerprint density at radius 3 is 2.73 bits per heavy atom. The third kappa shape index (κ3) is 0.878. The second-order valence-corrected chi connectivity index (χ2v) is 6.08. The van der Waals surface area contributed by atoms with Gasteiger partial charge in [0.05, 0.1) is 0 Å². The fourth-order valence-corrected chi connectivity index (χ4v) is 3.90. The average Bonchev–Trinajstić information content (AvgIpc) is 2.55. The first-order chi connectivity index (χ1) is 6.97. The van der Waals surface area contributed by atoms with E-state index < -0.39 is 0 Å². The van der Waals surface area contributed by atoms with Crippen LogP contribution < -0.4 is 0 Å². The molecule has 0 N–H and O–H groups in total. The smallest absolute Gasteiger partial charge is 0.182 e. The van der Waals surface area contributed by atoms with Crippen molar-refractivity contribution in [2.24, 2.45) is 16.7 Å². The molecule has 1 heteroatoms. The number of allylic oxidation sites excluding steroid dienone is 4. The van der Waals surface area contributed by atoms with E-state index in [1.807, 2.05) is 0 Å². The Bertz CT molecular complexity index is 411. The topological polar surface area (TPSA) is 17.1 Å². The van der Waals surface area contributed by atoms with Gasteiger partial charge >= 0.3 is 0 Å². The van der Waals surface area contributed by atoms with Crippen molar-refractivity contribution >= 4 is 5.78 Å². The molecule has 2 bridgehead atoms. The first-order valence-electron chi connectivity index (χ1n) is 5.93. The van der Waals surface area contributed by atoms with Gasteiger partial charge in [-0.3, -0.25) is 4.79 Å². The Hall–Kier alpha value is -0.850. The molecule has 0 aromatic carbocycles. The van der Waals surface area contributed by atoms with Crippen LogP contribution in [0.25, 0.3) is 0 Å². The Morgan fingerprint density at radius 1 is 1.27 bits per heavy atom. The number of hydrogen-bond donors (Lipinski definition) is 0. The zero-order valence-electron chi connectivity index (χ0n) is 9.76. The van der Waals surface area contributed by atoms with Gasteiger partial charge < -0.3 is 0 Å². The first kappa shape index (κ1) is 9.38. The molecule has 3 aliphatic carbocycles. The van der Waals surface area contributed by atoms with Crippen LogP contribution in [0.2, 0.25) is 0 Å². The lowest BCUT2D eigenvalue weighted by Crippen LogP contribution is -2.39. The molecule has 2 atom stereocenters. The molecule has 0 heterocycles. The van der Waals surface area contributed by atoms with Crippen LogP contribution in [-0.2, 0) is 4.79 Å². The second-order valence-electron chi connectivity index (χ2n) is 6.08. The Balaban J connectivity index is 2.21. The van der Waals surface area contributed by atoms with E-state index in [1.54, 1.807) is 6.08 Å². The van der Waals surface area contributed by atoms with Crippen LogP contribution in [-0.4, -0.2) is 5.78 Å². The zero-order chi connectivity index (χ0) is 10.8. The highest BCUT2D eigenvalue weighted by molar-refractivity contribution is 6.08. The molecule has 0 unspecified atom stereocenters. The summed E-state index contributed by atoms with van der Waals surface area (Å²) in [6.45, 7) is 7.11. The van der Waals surface area contributed by atoms with Gasteiger partial charge in [-0.25, -0.2) is 0 Å². The van der Waals surface area contributed by atoms with Crippen LogP contribution in [0, 0.1) is 16.7 Å². The average molecular weight is 202 g/mol. The molecule has 0 aromatic rings. The van der Waals surface area contributed by atoms with Gasteiger partial charge in [0.15, 0.2) is 5.78 Å². The molecule has 3 rings (SSSR count). The highest BCUT2D eigenvalue weighted by Crippen LogP contribution is 2.65. The molecule has 1 nitrogen and oxygen atoms in total. The summed E-state index contributed by atoms with van der Waals surface area (Å²) < 4.78 is 0. The van der Waals surface area contributed by atoms with Crippen molar-refractivity contribution in [1.29, 1.82) is 0 Å². The lowest BCUT2D eigenvalue weighted by molar-refractivity contribution is -0.111. The third-order valence-corrected chi connectivity index (χ3v) is 5.50. The molecule has 0 amide bonds. The fourth-order valence-electron chi connectivity index (χ4n) is 3.90. The molecular formula is C14H18O. The van der Waals surface area contributed by atoms with Gasteiger partial charge in [0, 0.05) is 5.57 Å². The minimum absolute atomic E-state index is 0.244. The fraction of sp³-hybridized carbons (Fsp3) is 0.643. The quantitative estimate of drug-likeness (QED) is 0.589. The normalized spacial score (nSPS) is 41.3. The van der Waals surface area contributed by atoms with Crippen LogP contribution in [0.4, 0.5) is 0 Å². The molecule has 15 heavy (non-hydrogen) atoms. The van der Waals surface area contributed by atoms with E-state index >= 15 is 0 Å². The van der Waals surface area contributed by atoms with Gasteiger partial charge in [0.2, 0.25) is 0 Å². The zero-order valence-corrected chi connectivity index (χ0v) is 9.76. The van der Waals surface area contributed by atoms with E-state index in [0.717, 1.165) is 12.0 Å². The second kappa shape index (κ2) is 2.45.